The van der Waals surface area contributed by atoms with Gasteiger partial charge in [0.05, 0.1) is 11.4 Å². The number of aliphatic imine (C=N–C) groups is 1. The Hall–Kier alpha value is -0.910. The Balaban J connectivity index is 0.00000900. The van der Waals surface area contributed by atoms with Crippen molar-refractivity contribution in [3.8, 4) is 0 Å². The average Bonchev–Trinajstić information content (AvgIpc) is 2.70. The maximum absolute atomic E-state index is 12.6. The third-order valence-corrected chi connectivity index (χ3v) is 6.64. The van der Waals surface area contributed by atoms with E-state index in [1.54, 1.807) is 13.0 Å². The second kappa shape index (κ2) is 15.8. The molecule has 0 aliphatic rings. The monoisotopic (exact) mass is 567 g/mol. The van der Waals surface area contributed by atoms with Crippen molar-refractivity contribution in [1.29, 1.82) is 0 Å². The Morgan fingerprint density at radius 3 is 2.45 bits per heavy atom. The van der Waals surface area contributed by atoms with Gasteiger partial charge in [0.25, 0.3) is 0 Å². The summed E-state index contributed by atoms with van der Waals surface area (Å²) in [5.74, 6) is 0.721. The number of nitrogens with one attached hydrogen (secondary N) is 3. The number of rotatable bonds is 13. The number of halogens is 1. The summed E-state index contributed by atoms with van der Waals surface area (Å²) in [6, 6.07) is 5.74. The van der Waals surface area contributed by atoms with Crippen LogP contribution < -0.4 is 15.4 Å². The van der Waals surface area contributed by atoms with Crippen LogP contribution in [0, 0.1) is 13.8 Å². The van der Waals surface area contributed by atoms with Crippen LogP contribution in [-0.4, -0.2) is 64.6 Å². The molecule has 7 nitrogen and oxygen atoms in total. The van der Waals surface area contributed by atoms with Gasteiger partial charge < -0.3 is 15.5 Å². The Bertz CT molecular complexity index is 767. The summed E-state index contributed by atoms with van der Waals surface area (Å²) in [6.45, 7) is 16.9. The minimum absolute atomic E-state index is 0. The molecule has 180 valence electrons. The predicted octanol–water partition coefficient (Wildman–Crippen LogP) is 3.27. The van der Waals surface area contributed by atoms with Crippen molar-refractivity contribution in [2.45, 2.75) is 65.3 Å². The summed E-state index contributed by atoms with van der Waals surface area (Å²) >= 11 is 0. The minimum Gasteiger partial charge on any atom is -0.357 e. The zero-order valence-corrected chi connectivity index (χ0v) is 23.1. The van der Waals surface area contributed by atoms with Crippen molar-refractivity contribution in [2.75, 3.05) is 39.3 Å². The van der Waals surface area contributed by atoms with E-state index in [9.17, 15) is 8.42 Å². The second-order valence-electron chi connectivity index (χ2n) is 7.64. The van der Waals surface area contributed by atoms with Gasteiger partial charge in [-0.2, -0.15) is 0 Å². The second-order valence-corrected chi connectivity index (χ2v) is 9.38. The molecule has 1 aromatic carbocycles. The van der Waals surface area contributed by atoms with Crippen LogP contribution >= 0.6 is 24.0 Å². The van der Waals surface area contributed by atoms with Crippen molar-refractivity contribution in [1.82, 2.24) is 20.3 Å². The van der Waals surface area contributed by atoms with E-state index >= 15 is 0 Å². The van der Waals surface area contributed by atoms with E-state index in [1.807, 2.05) is 26.0 Å². The van der Waals surface area contributed by atoms with Crippen LogP contribution in [0.2, 0.25) is 0 Å². The van der Waals surface area contributed by atoms with Gasteiger partial charge in [-0.15, -0.1) is 24.0 Å². The van der Waals surface area contributed by atoms with Gasteiger partial charge in [0, 0.05) is 19.1 Å². The topological polar surface area (TPSA) is 85.8 Å². The third kappa shape index (κ3) is 11.5. The lowest BCUT2D eigenvalue weighted by molar-refractivity contribution is 0.292. The minimum atomic E-state index is -3.54. The summed E-state index contributed by atoms with van der Waals surface area (Å²) in [6.07, 6.45) is 2.19. The first-order valence-electron chi connectivity index (χ1n) is 11.1. The van der Waals surface area contributed by atoms with E-state index in [2.05, 4.69) is 46.0 Å². The van der Waals surface area contributed by atoms with E-state index in [0.29, 0.717) is 17.5 Å². The summed E-state index contributed by atoms with van der Waals surface area (Å²) in [5.41, 5.74) is 1.66. The fraction of sp³-hybridized carbons (Fsp3) is 0.682. The molecule has 1 unspecified atom stereocenters. The molecule has 0 bridgehead atoms. The molecule has 9 heteroatoms. The molecule has 1 aromatic rings. The van der Waals surface area contributed by atoms with E-state index in [-0.39, 0.29) is 30.5 Å². The van der Waals surface area contributed by atoms with E-state index in [0.717, 1.165) is 56.1 Å². The predicted molar refractivity (Wildman–Crippen MR) is 142 cm³/mol. The molecule has 0 radical (unpaired) electrons. The molecule has 0 aliphatic heterocycles. The Morgan fingerprint density at radius 1 is 1.16 bits per heavy atom. The molecule has 0 amide bonds. The van der Waals surface area contributed by atoms with E-state index in [1.165, 1.54) is 0 Å². The van der Waals surface area contributed by atoms with Gasteiger partial charge in [-0.1, -0.05) is 26.0 Å². The van der Waals surface area contributed by atoms with Gasteiger partial charge in [0.15, 0.2) is 5.96 Å². The van der Waals surface area contributed by atoms with Crippen molar-refractivity contribution in [2.24, 2.45) is 4.99 Å². The fourth-order valence-electron chi connectivity index (χ4n) is 3.21. The zero-order chi connectivity index (χ0) is 22.6. The van der Waals surface area contributed by atoms with Gasteiger partial charge in [0.1, 0.15) is 0 Å². The first-order chi connectivity index (χ1) is 14.2. The maximum Gasteiger partial charge on any atom is 0.240 e. The number of hydrogen-bond donors (Lipinski definition) is 3. The molecule has 1 rings (SSSR count). The van der Waals surface area contributed by atoms with E-state index < -0.39 is 10.0 Å². The Labute approximate surface area is 206 Å². The number of hydrogen-bond acceptors (Lipinski definition) is 4. The molecule has 0 saturated heterocycles. The lowest BCUT2D eigenvalue weighted by Crippen LogP contribution is -2.43. The molecule has 0 heterocycles. The van der Waals surface area contributed by atoms with Gasteiger partial charge in [-0.25, -0.2) is 13.1 Å². The summed E-state index contributed by atoms with van der Waals surface area (Å²) in [4.78, 5) is 7.28. The lowest BCUT2D eigenvalue weighted by Gasteiger charge is -2.21. The maximum atomic E-state index is 12.6. The van der Waals surface area contributed by atoms with Gasteiger partial charge in [-0.3, -0.25) is 4.99 Å². The Kier molecular flexibility index (Phi) is 15.4. The van der Waals surface area contributed by atoms with Crippen molar-refractivity contribution in [3.05, 3.63) is 29.3 Å². The molecule has 31 heavy (non-hydrogen) atoms. The van der Waals surface area contributed by atoms with Gasteiger partial charge in [-0.05, 0) is 77.4 Å². The summed E-state index contributed by atoms with van der Waals surface area (Å²) in [5, 5.41) is 6.65. The van der Waals surface area contributed by atoms with Crippen molar-refractivity contribution < 1.29 is 8.42 Å². The highest BCUT2D eigenvalue weighted by molar-refractivity contribution is 14.0. The smallest absolute Gasteiger partial charge is 0.240 e. The van der Waals surface area contributed by atoms with Crippen LogP contribution in [0.4, 0.5) is 0 Å². The van der Waals surface area contributed by atoms with Gasteiger partial charge >= 0.3 is 0 Å². The number of guanidine groups is 1. The molecular formula is C22H42IN5O2S. The van der Waals surface area contributed by atoms with Crippen LogP contribution in [0.5, 0.6) is 0 Å². The third-order valence-electron chi connectivity index (χ3n) is 5.04. The highest BCUT2D eigenvalue weighted by atomic mass is 127. The quantitative estimate of drug-likeness (QED) is 0.148. The highest BCUT2D eigenvalue weighted by Crippen LogP contribution is 2.16. The number of nitrogens with zero attached hydrogens (tertiary/aromatic N) is 2. The molecule has 1 atom stereocenters. The normalized spacial score (nSPS) is 13.1. The highest BCUT2D eigenvalue weighted by Gasteiger charge is 2.16. The van der Waals surface area contributed by atoms with Crippen LogP contribution in [0.15, 0.2) is 28.1 Å². The van der Waals surface area contributed by atoms with Crippen LogP contribution in [0.3, 0.4) is 0 Å². The molecule has 0 fully saturated rings. The molecular weight excluding hydrogens is 525 g/mol. The largest absolute Gasteiger partial charge is 0.357 e. The van der Waals surface area contributed by atoms with Crippen molar-refractivity contribution >= 4 is 40.0 Å². The standard InChI is InChI=1S/C22H41N5O2S.HI/c1-7-23-22(26-20(6)11-10-16-27(8-2)9-3)24-14-15-25-30(28,29)21-17-18(4)12-13-19(21)5;/h12-13,17,20,25H,7-11,14-16H2,1-6H3,(H2,23,24,26);1H. The lowest BCUT2D eigenvalue weighted by atomic mass is 10.2. The summed E-state index contributed by atoms with van der Waals surface area (Å²) in [7, 11) is -3.54. The van der Waals surface area contributed by atoms with E-state index in [4.69, 9.17) is 0 Å². The molecule has 0 saturated carbocycles. The molecule has 3 N–H and O–H groups in total. The number of sulfonamides is 1. The fourth-order valence-corrected chi connectivity index (χ4v) is 4.56. The first-order valence-corrected chi connectivity index (χ1v) is 12.6. The number of aryl methyl sites for hydroxylation is 2. The molecule has 0 aromatic heterocycles. The molecule has 0 spiro atoms. The number of benzene rings is 1. The van der Waals surface area contributed by atoms with Crippen LogP contribution in [-0.2, 0) is 10.0 Å². The zero-order valence-electron chi connectivity index (χ0n) is 20.0. The summed E-state index contributed by atoms with van der Waals surface area (Å²) < 4.78 is 27.8. The molecule has 0 aliphatic carbocycles. The van der Waals surface area contributed by atoms with Gasteiger partial charge in [0.2, 0.25) is 10.0 Å². The average molecular weight is 568 g/mol. The Morgan fingerprint density at radius 2 is 1.84 bits per heavy atom. The first kappa shape index (κ1) is 30.1. The SMILES string of the molecule is CCNC(=NCCNS(=O)(=O)c1cc(C)ccc1C)NC(C)CCCN(CC)CC.I. The van der Waals surface area contributed by atoms with Crippen LogP contribution in [0.1, 0.15) is 51.7 Å². The van der Waals surface area contributed by atoms with Crippen LogP contribution in [0.25, 0.3) is 0 Å². The van der Waals surface area contributed by atoms with Crippen molar-refractivity contribution in [3.63, 3.8) is 0 Å².